The summed E-state index contributed by atoms with van der Waals surface area (Å²) in [5, 5.41) is 6.08. The van der Waals surface area contributed by atoms with Gasteiger partial charge in [0.05, 0.1) is 12.6 Å². The number of ether oxygens (including phenoxy) is 1. The Labute approximate surface area is 168 Å². The van der Waals surface area contributed by atoms with Crippen molar-refractivity contribution < 1.29 is 14.3 Å². The molecule has 1 aromatic rings. The van der Waals surface area contributed by atoms with Crippen molar-refractivity contribution in [1.82, 2.24) is 20.4 Å². The van der Waals surface area contributed by atoms with Crippen molar-refractivity contribution in [3.8, 4) is 0 Å². The van der Waals surface area contributed by atoms with Gasteiger partial charge in [0.2, 0.25) is 0 Å². The van der Waals surface area contributed by atoms with Crippen molar-refractivity contribution in [2.45, 2.75) is 45.7 Å². The Kier molecular flexibility index (Phi) is 9.07. The predicted octanol–water partition coefficient (Wildman–Crippen LogP) is 2.99. The Morgan fingerprint density at radius 2 is 1.79 bits per heavy atom. The summed E-state index contributed by atoms with van der Waals surface area (Å²) in [4.78, 5) is 28.2. The maximum atomic E-state index is 12.4. The molecule has 1 atom stereocenters. The first-order valence-electron chi connectivity index (χ1n) is 10.3. The first kappa shape index (κ1) is 22.0. The summed E-state index contributed by atoms with van der Waals surface area (Å²) in [6.07, 6.45) is 1.21. The van der Waals surface area contributed by atoms with Crippen molar-refractivity contribution in [3.05, 3.63) is 35.9 Å². The third-order valence-electron chi connectivity index (χ3n) is 5.25. The van der Waals surface area contributed by atoms with Crippen LogP contribution in [0.2, 0.25) is 0 Å². The molecule has 1 saturated heterocycles. The number of nitrogens with zero attached hydrogens (tertiary/aromatic N) is 2. The van der Waals surface area contributed by atoms with Crippen molar-refractivity contribution in [1.29, 1.82) is 0 Å². The molecular formula is C21H34N4O3. The van der Waals surface area contributed by atoms with Crippen LogP contribution in [0.25, 0.3) is 0 Å². The van der Waals surface area contributed by atoms with Crippen LogP contribution < -0.4 is 10.6 Å². The van der Waals surface area contributed by atoms with Gasteiger partial charge in [-0.05, 0) is 38.4 Å². The van der Waals surface area contributed by atoms with E-state index in [0.717, 1.165) is 25.9 Å². The molecule has 7 nitrogen and oxygen atoms in total. The largest absolute Gasteiger partial charge is 0.450 e. The lowest BCUT2D eigenvalue weighted by Gasteiger charge is -2.32. The number of likely N-dealkylation sites (tertiary alicyclic amines) is 1. The maximum absolute atomic E-state index is 12.4. The van der Waals surface area contributed by atoms with E-state index in [1.807, 2.05) is 18.2 Å². The Balaban J connectivity index is 1.82. The van der Waals surface area contributed by atoms with E-state index in [1.165, 1.54) is 5.56 Å². The quantitative estimate of drug-likeness (QED) is 0.716. The number of hydrogen-bond donors (Lipinski definition) is 2. The Morgan fingerprint density at radius 1 is 1.14 bits per heavy atom. The molecule has 1 unspecified atom stereocenters. The molecule has 7 heteroatoms. The SMILES string of the molecule is CCOC(=O)N1CCC(NC(=O)NCC(c2ccccc2)N(CC)CC)CC1. The van der Waals surface area contributed by atoms with Crippen LogP contribution in [0.5, 0.6) is 0 Å². The molecule has 0 saturated carbocycles. The smallest absolute Gasteiger partial charge is 0.409 e. The van der Waals surface area contributed by atoms with E-state index in [2.05, 4.69) is 41.5 Å². The molecule has 0 aromatic heterocycles. The van der Waals surface area contributed by atoms with Gasteiger partial charge in [0, 0.05) is 25.7 Å². The van der Waals surface area contributed by atoms with Gasteiger partial charge in [-0.1, -0.05) is 44.2 Å². The molecule has 28 heavy (non-hydrogen) atoms. The number of piperidine rings is 1. The standard InChI is InChI=1S/C21H34N4O3/c1-4-24(5-2)19(17-10-8-7-9-11-17)16-22-20(26)23-18-12-14-25(15-13-18)21(27)28-6-3/h7-11,18-19H,4-6,12-16H2,1-3H3,(H2,22,23,26). The second-order valence-electron chi connectivity index (χ2n) is 6.96. The average Bonchev–Trinajstić information content (AvgIpc) is 2.72. The zero-order valence-electron chi connectivity index (χ0n) is 17.3. The van der Waals surface area contributed by atoms with Crippen molar-refractivity contribution in [2.75, 3.05) is 39.3 Å². The molecule has 3 amide bonds. The number of rotatable bonds is 8. The van der Waals surface area contributed by atoms with Gasteiger partial charge >= 0.3 is 12.1 Å². The maximum Gasteiger partial charge on any atom is 0.409 e. The average molecular weight is 391 g/mol. The number of carbonyl (C=O) groups is 2. The number of benzene rings is 1. The zero-order valence-corrected chi connectivity index (χ0v) is 17.3. The number of hydrogen-bond acceptors (Lipinski definition) is 4. The molecule has 1 aromatic carbocycles. The van der Waals surface area contributed by atoms with Crippen LogP contribution in [0, 0.1) is 0 Å². The van der Waals surface area contributed by atoms with Gasteiger partial charge < -0.3 is 20.3 Å². The fourth-order valence-electron chi connectivity index (χ4n) is 3.64. The molecule has 2 rings (SSSR count). The molecule has 0 bridgehead atoms. The lowest BCUT2D eigenvalue weighted by Crippen LogP contribution is -2.50. The summed E-state index contributed by atoms with van der Waals surface area (Å²) >= 11 is 0. The minimum atomic E-state index is -0.268. The molecule has 0 radical (unpaired) electrons. The summed E-state index contributed by atoms with van der Waals surface area (Å²) in [6.45, 7) is 10.1. The van der Waals surface area contributed by atoms with Gasteiger partial charge in [0.25, 0.3) is 0 Å². The number of urea groups is 1. The highest BCUT2D eigenvalue weighted by molar-refractivity contribution is 5.74. The number of carbonyl (C=O) groups excluding carboxylic acids is 2. The molecular weight excluding hydrogens is 356 g/mol. The first-order valence-corrected chi connectivity index (χ1v) is 10.3. The first-order chi connectivity index (χ1) is 13.6. The highest BCUT2D eigenvalue weighted by Gasteiger charge is 2.25. The monoisotopic (exact) mass is 390 g/mol. The lowest BCUT2D eigenvalue weighted by molar-refractivity contribution is 0.0957. The normalized spacial score (nSPS) is 15.9. The van der Waals surface area contributed by atoms with Crippen molar-refractivity contribution >= 4 is 12.1 Å². The van der Waals surface area contributed by atoms with Gasteiger partial charge in [-0.15, -0.1) is 0 Å². The number of nitrogens with one attached hydrogen (secondary N) is 2. The van der Waals surface area contributed by atoms with E-state index < -0.39 is 0 Å². The van der Waals surface area contributed by atoms with Crippen LogP contribution in [0.4, 0.5) is 9.59 Å². The Morgan fingerprint density at radius 3 is 2.36 bits per heavy atom. The van der Waals surface area contributed by atoms with Crippen molar-refractivity contribution in [2.24, 2.45) is 0 Å². The molecule has 1 aliphatic heterocycles. The van der Waals surface area contributed by atoms with Crippen LogP contribution in [0.15, 0.2) is 30.3 Å². The fraction of sp³-hybridized carbons (Fsp3) is 0.619. The third kappa shape index (κ3) is 6.41. The van der Waals surface area contributed by atoms with Gasteiger partial charge in [-0.2, -0.15) is 0 Å². The van der Waals surface area contributed by atoms with Crippen LogP contribution in [0.3, 0.4) is 0 Å². The number of likely N-dealkylation sites (N-methyl/N-ethyl adjacent to an activating group) is 1. The second kappa shape index (κ2) is 11.5. The minimum Gasteiger partial charge on any atom is -0.450 e. The predicted molar refractivity (Wildman–Crippen MR) is 110 cm³/mol. The third-order valence-corrected chi connectivity index (χ3v) is 5.25. The van der Waals surface area contributed by atoms with E-state index in [-0.39, 0.29) is 24.2 Å². The summed E-state index contributed by atoms with van der Waals surface area (Å²) in [5.41, 5.74) is 1.20. The molecule has 0 spiro atoms. The molecule has 2 N–H and O–H groups in total. The van der Waals surface area contributed by atoms with Crippen LogP contribution in [-0.4, -0.2) is 67.3 Å². The molecule has 1 aliphatic rings. The minimum absolute atomic E-state index is 0.0781. The van der Waals surface area contributed by atoms with Crippen LogP contribution >= 0.6 is 0 Å². The highest BCUT2D eigenvalue weighted by Crippen LogP contribution is 2.19. The van der Waals surface area contributed by atoms with E-state index in [4.69, 9.17) is 4.74 Å². The molecule has 156 valence electrons. The molecule has 1 fully saturated rings. The van der Waals surface area contributed by atoms with Crippen LogP contribution in [0.1, 0.15) is 45.2 Å². The summed E-state index contributed by atoms with van der Waals surface area (Å²) in [5.74, 6) is 0. The van der Waals surface area contributed by atoms with E-state index >= 15 is 0 Å². The van der Waals surface area contributed by atoms with Gasteiger partial charge in [-0.25, -0.2) is 9.59 Å². The van der Waals surface area contributed by atoms with Gasteiger partial charge in [0.1, 0.15) is 0 Å². The van der Waals surface area contributed by atoms with Crippen LogP contribution in [-0.2, 0) is 4.74 Å². The summed E-state index contributed by atoms with van der Waals surface area (Å²) in [6, 6.07) is 10.4. The van der Waals surface area contributed by atoms with E-state index in [1.54, 1.807) is 11.8 Å². The highest BCUT2D eigenvalue weighted by atomic mass is 16.6. The summed E-state index contributed by atoms with van der Waals surface area (Å²) in [7, 11) is 0. The summed E-state index contributed by atoms with van der Waals surface area (Å²) < 4.78 is 5.03. The lowest BCUT2D eigenvalue weighted by atomic mass is 10.0. The van der Waals surface area contributed by atoms with E-state index in [0.29, 0.717) is 26.2 Å². The Bertz CT molecular complexity index is 599. The number of amides is 3. The molecule has 0 aliphatic carbocycles. The van der Waals surface area contributed by atoms with Gasteiger partial charge in [-0.3, -0.25) is 4.90 Å². The Hall–Kier alpha value is -2.28. The topological polar surface area (TPSA) is 73.9 Å². The fourth-order valence-corrected chi connectivity index (χ4v) is 3.64. The van der Waals surface area contributed by atoms with Crippen molar-refractivity contribution in [3.63, 3.8) is 0 Å². The molecule has 1 heterocycles. The van der Waals surface area contributed by atoms with E-state index in [9.17, 15) is 9.59 Å². The zero-order chi connectivity index (χ0) is 20.4. The second-order valence-corrected chi connectivity index (χ2v) is 6.96. The van der Waals surface area contributed by atoms with Gasteiger partial charge in [0.15, 0.2) is 0 Å².